The smallest absolute Gasteiger partial charge is 0.00154 e. The van der Waals surface area contributed by atoms with Crippen LogP contribution in [0.2, 0.25) is 0 Å². The fraction of sp³-hybridized carbons (Fsp3) is 0.625. The molecule has 0 bridgehead atoms. The molecule has 0 aromatic heterocycles. The van der Waals surface area contributed by atoms with Crippen molar-refractivity contribution in [1.29, 1.82) is 0 Å². The normalized spacial score (nSPS) is 32.9. The van der Waals surface area contributed by atoms with Gasteiger partial charge in [-0.15, -0.1) is 0 Å². The summed E-state index contributed by atoms with van der Waals surface area (Å²) in [5, 5.41) is 0. The highest BCUT2D eigenvalue weighted by molar-refractivity contribution is 5.40. The van der Waals surface area contributed by atoms with Crippen LogP contribution in [0.25, 0.3) is 0 Å². The molecule has 0 amide bonds. The summed E-state index contributed by atoms with van der Waals surface area (Å²) >= 11 is 0. The molecule has 0 N–H and O–H groups in total. The third kappa shape index (κ3) is 1.63. The van der Waals surface area contributed by atoms with Gasteiger partial charge in [-0.1, -0.05) is 38.1 Å². The van der Waals surface area contributed by atoms with E-state index in [1.54, 1.807) is 11.1 Å². The van der Waals surface area contributed by atoms with Gasteiger partial charge in [0.05, 0.1) is 0 Å². The van der Waals surface area contributed by atoms with Crippen molar-refractivity contribution >= 4 is 0 Å². The number of nitrogens with zero attached hydrogens (tertiary/aromatic N) is 1. The molecule has 0 saturated carbocycles. The number of hydrogen-bond acceptors (Lipinski definition) is 1. The van der Waals surface area contributed by atoms with Crippen LogP contribution in [-0.4, -0.2) is 24.5 Å². The molecule has 0 radical (unpaired) electrons. The Bertz CT molecular complexity index is 412. The molecule has 1 aliphatic carbocycles. The summed E-state index contributed by atoms with van der Waals surface area (Å²) < 4.78 is 0. The Morgan fingerprint density at radius 1 is 1.29 bits per heavy atom. The Labute approximate surface area is 105 Å². The first-order valence-electron chi connectivity index (χ1n) is 7.07. The number of benzene rings is 1. The molecule has 1 heterocycles. The SMILES string of the molecule is CCN1CCC2(CCc3ccccc32)C(C)C1. The number of likely N-dealkylation sites (tertiary alicyclic amines) is 1. The molecule has 1 saturated heterocycles. The van der Waals surface area contributed by atoms with Crippen molar-refractivity contribution in [3.63, 3.8) is 0 Å². The average Bonchev–Trinajstić information content (AvgIpc) is 2.74. The highest BCUT2D eigenvalue weighted by Crippen LogP contribution is 2.48. The van der Waals surface area contributed by atoms with E-state index in [9.17, 15) is 0 Å². The average molecular weight is 229 g/mol. The largest absolute Gasteiger partial charge is 0.303 e. The molecular weight excluding hydrogens is 206 g/mol. The molecule has 17 heavy (non-hydrogen) atoms. The summed E-state index contributed by atoms with van der Waals surface area (Å²) in [5.41, 5.74) is 3.79. The van der Waals surface area contributed by atoms with Gasteiger partial charge >= 0.3 is 0 Å². The zero-order valence-corrected chi connectivity index (χ0v) is 11.1. The minimum Gasteiger partial charge on any atom is -0.303 e. The van der Waals surface area contributed by atoms with Crippen molar-refractivity contribution < 1.29 is 0 Å². The molecule has 1 aromatic carbocycles. The summed E-state index contributed by atoms with van der Waals surface area (Å²) in [6.07, 6.45) is 4.04. The minimum absolute atomic E-state index is 0.502. The first-order valence-corrected chi connectivity index (χ1v) is 7.07. The second kappa shape index (κ2) is 4.13. The van der Waals surface area contributed by atoms with E-state index >= 15 is 0 Å². The summed E-state index contributed by atoms with van der Waals surface area (Å²) in [5.74, 6) is 0.805. The van der Waals surface area contributed by atoms with Crippen molar-refractivity contribution in [2.75, 3.05) is 19.6 Å². The predicted molar refractivity (Wildman–Crippen MR) is 72.3 cm³/mol. The molecular formula is C16H23N. The third-order valence-corrected chi connectivity index (χ3v) is 5.19. The van der Waals surface area contributed by atoms with Gasteiger partial charge in [0.1, 0.15) is 0 Å². The highest BCUT2D eigenvalue weighted by Gasteiger charge is 2.45. The first-order chi connectivity index (χ1) is 8.26. The minimum atomic E-state index is 0.502. The van der Waals surface area contributed by atoms with E-state index in [-0.39, 0.29) is 0 Å². The van der Waals surface area contributed by atoms with Crippen molar-refractivity contribution in [2.24, 2.45) is 5.92 Å². The van der Waals surface area contributed by atoms with Gasteiger partial charge in [-0.3, -0.25) is 0 Å². The van der Waals surface area contributed by atoms with Crippen LogP contribution in [-0.2, 0) is 11.8 Å². The Morgan fingerprint density at radius 2 is 2.12 bits per heavy atom. The van der Waals surface area contributed by atoms with Gasteiger partial charge in [0.25, 0.3) is 0 Å². The standard InChI is InChI=1S/C16H23N/c1-3-17-11-10-16(13(2)12-17)9-8-14-6-4-5-7-15(14)16/h4-7,13H,3,8-12H2,1-2H3. The second-order valence-corrected chi connectivity index (χ2v) is 5.86. The van der Waals surface area contributed by atoms with Gasteiger partial charge in [-0.25, -0.2) is 0 Å². The predicted octanol–water partition coefficient (Wildman–Crippen LogP) is 3.23. The van der Waals surface area contributed by atoms with E-state index in [0.717, 1.165) is 5.92 Å². The Hall–Kier alpha value is -0.820. The summed E-state index contributed by atoms with van der Waals surface area (Å²) in [6, 6.07) is 9.15. The lowest BCUT2D eigenvalue weighted by molar-refractivity contribution is 0.105. The highest BCUT2D eigenvalue weighted by atomic mass is 15.1. The topological polar surface area (TPSA) is 3.24 Å². The van der Waals surface area contributed by atoms with Crippen LogP contribution in [0.3, 0.4) is 0 Å². The van der Waals surface area contributed by atoms with Crippen LogP contribution in [0, 0.1) is 5.92 Å². The lowest BCUT2D eigenvalue weighted by Gasteiger charge is -2.45. The Morgan fingerprint density at radius 3 is 2.88 bits per heavy atom. The van der Waals surface area contributed by atoms with Gasteiger partial charge in [0.2, 0.25) is 0 Å². The fourth-order valence-electron chi connectivity index (χ4n) is 4.03. The van der Waals surface area contributed by atoms with Crippen LogP contribution in [0.5, 0.6) is 0 Å². The zero-order chi connectivity index (χ0) is 11.9. The van der Waals surface area contributed by atoms with Crippen LogP contribution < -0.4 is 0 Å². The van der Waals surface area contributed by atoms with Gasteiger partial charge in [-0.05, 0) is 49.4 Å². The monoisotopic (exact) mass is 229 g/mol. The van der Waals surface area contributed by atoms with E-state index in [0.29, 0.717) is 5.41 Å². The lowest BCUT2D eigenvalue weighted by atomic mass is 9.67. The molecule has 1 fully saturated rings. The van der Waals surface area contributed by atoms with Gasteiger partial charge in [0, 0.05) is 12.0 Å². The van der Waals surface area contributed by atoms with Crippen molar-refractivity contribution in [3.05, 3.63) is 35.4 Å². The quantitative estimate of drug-likeness (QED) is 0.714. The van der Waals surface area contributed by atoms with Crippen molar-refractivity contribution in [3.8, 4) is 0 Å². The van der Waals surface area contributed by atoms with Crippen LogP contribution >= 0.6 is 0 Å². The number of piperidine rings is 1. The maximum atomic E-state index is 2.61. The van der Waals surface area contributed by atoms with Crippen LogP contribution in [0.4, 0.5) is 0 Å². The molecule has 1 spiro atoms. The van der Waals surface area contributed by atoms with E-state index in [2.05, 4.69) is 43.0 Å². The lowest BCUT2D eigenvalue weighted by Crippen LogP contribution is -2.47. The maximum Gasteiger partial charge on any atom is 0.00154 e. The fourth-order valence-corrected chi connectivity index (χ4v) is 4.03. The van der Waals surface area contributed by atoms with Crippen molar-refractivity contribution in [1.82, 2.24) is 4.90 Å². The van der Waals surface area contributed by atoms with Gasteiger partial charge in [0.15, 0.2) is 0 Å². The number of aryl methyl sites for hydroxylation is 1. The Kier molecular flexibility index (Phi) is 2.74. The maximum absolute atomic E-state index is 2.61. The van der Waals surface area contributed by atoms with E-state index in [1.807, 2.05) is 0 Å². The van der Waals surface area contributed by atoms with E-state index < -0.39 is 0 Å². The molecule has 1 heteroatoms. The second-order valence-electron chi connectivity index (χ2n) is 5.86. The summed E-state index contributed by atoms with van der Waals surface area (Å²) in [4.78, 5) is 2.61. The number of hydrogen-bond donors (Lipinski definition) is 0. The Balaban J connectivity index is 1.94. The molecule has 1 aliphatic heterocycles. The van der Waals surface area contributed by atoms with E-state index in [1.165, 1.54) is 38.9 Å². The van der Waals surface area contributed by atoms with Crippen LogP contribution in [0.1, 0.15) is 37.8 Å². The molecule has 2 aliphatic rings. The molecule has 92 valence electrons. The zero-order valence-electron chi connectivity index (χ0n) is 11.1. The molecule has 2 atom stereocenters. The van der Waals surface area contributed by atoms with Crippen molar-refractivity contribution in [2.45, 2.75) is 38.5 Å². The summed E-state index contributed by atoms with van der Waals surface area (Å²) in [6.45, 7) is 8.53. The van der Waals surface area contributed by atoms with Gasteiger partial charge in [-0.2, -0.15) is 0 Å². The number of rotatable bonds is 1. The summed E-state index contributed by atoms with van der Waals surface area (Å²) in [7, 11) is 0. The van der Waals surface area contributed by atoms with E-state index in [4.69, 9.17) is 0 Å². The van der Waals surface area contributed by atoms with Crippen LogP contribution in [0.15, 0.2) is 24.3 Å². The molecule has 1 aromatic rings. The van der Waals surface area contributed by atoms with Gasteiger partial charge < -0.3 is 4.90 Å². The number of fused-ring (bicyclic) bond motifs is 2. The molecule has 3 rings (SSSR count). The molecule has 1 nitrogen and oxygen atoms in total. The first kappa shape index (κ1) is 11.3. The third-order valence-electron chi connectivity index (χ3n) is 5.19. The molecule has 2 unspecified atom stereocenters.